The van der Waals surface area contributed by atoms with E-state index in [-0.39, 0.29) is 5.91 Å². The lowest BCUT2D eigenvalue weighted by molar-refractivity contribution is -0.115. The first-order valence-electron chi connectivity index (χ1n) is 12.4. The van der Waals surface area contributed by atoms with E-state index in [4.69, 9.17) is 9.73 Å². The molecule has 1 amide bonds. The van der Waals surface area contributed by atoms with Gasteiger partial charge in [0.15, 0.2) is 0 Å². The lowest BCUT2D eigenvalue weighted by atomic mass is 9.90. The summed E-state index contributed by atoms with van der Waals surface area (Å²) in [5, 5.41) is 6.32. The number of carbonyl (C=O) groups is 2. The van der Waals surface area contributed by atoms with E-state index in [9.17, 15) is 9.59 Å². The quantitative estimate of drug-likeness (QED) is 0.391. The van der Waals surface area contributed by atoms with E-state index in [1.54, 1.807) is 19.1 Å². The molecule has 3 aromatic carbocycles. The molecule has 184 valence electrons. The molecule has 1 unspecified atom stereocenters. The van der Waals surface area contributed by atoms with Gasteiger partial charge in [0, 0.05) is 38.4 Å². The summed E-state index contributed by atoms with van der Waals surface area (Å²) in [5.41, 5.74) is 5.41. The first-order chi connectivity index (χ1) is 17.6. The molecule has 7 nitrogen and oxygen atoms in total. The van der Waals surface area contributed by atoms with Gasteiger partial charge in [-0.3, -0.25) is 14.7 Å². The van der Waals surface area contributed by atoms with Gasteiger partial charge in [0.2, 0.25) is 5.91 Å². The van der Waals surface area contributed by atoms with Gasteiger partial charge in [-0.1, -0.05) is 48.5 Å². The van der Waals surface area contributed by atoms with Gasteiger partial charge in [0.25, 0.3) is 0 Å². The molecule has 2 N–H and O–H groups in total. The Hall–Kier alpha value is -3.81. The van der Waals surface area contributed by atoms with Crippen molar-refractivity contribution in [2.24, 2.45) is 4.99 Å². The number of carbonyl (C=O) groups excluding carboxylic acids is 2. The number of rotatable bonds is 7. The Morgan fingerprint density at radius 1 is 1.00 bits per heavy atom. The molecule has 3 aromatic rings. The fraction of sp³-hybridized carbons (Fsp3) is 0.276. The van der Waals surface area contributed by atoms with E-state index in [0.29, 0.717) is 23.6 Å². The summed E-state index contributed by atoms with van der Waals surface area (Å²) in [6, 6.07) is 23.2. The second-order valence-corrected chi connectivity index (χ2v) is 9.00. The second-order valence-electron chi connectivity index (χ2n) is 9.00. The Balaban J connectivity index is 1.46. The number of amides is 1. The van der Waals surface area contributed by atoms with Crippen molar-refractivity contribution in [2.45, 2.75) is 19.4 Å². The van der Waals surface area contributed by atoms with Crippen LogP contribution in [0.4, 0.5) is 11.4 Å². The van der Waals surface area contributed by atoms with Crippen LogP contribution in [0, 0.1) is 0 Å². The zero-order valence-electron chi connectivity index (χ0n) is 20.4. The van der Waals surface area contributed by atoms with Crippen molar-refractivity contribution in [3.8, 4) is 0 Å². The van der Waals surface area contributed by atoms with E-state index < -0.39 is 11.9 Å². The van der Waals surface area contributed by atoms with Gasteiger partial charge in [-0.15, -0.1) is 0 Å². The Kier molecular flexibility index (Phi) is 7.21. The van der Waals surface area contributed by atoms with Gasteiger partial charge in [-0.25, -0.2) is 4.79 Å². The molecule has 1 atom stereocenters. The Bertz CT molecular complexity index is 1270. The number of fused-ring (bicyclic) bond motifs is 1. The van der Waals surface area contributed by atoms with Gasteiger partial charge in [-0.2, -0.15) is 0 Å². The maximum absolute atomic E-state index is 13.2. The first kappa shape index (κ1) is 23.9. The lowest BCUT2D eigenvalue weighted by Crippen LogP contribution is -2.42. The van der Waals surface area contributed by atoms with Crippen LogP contribution >= 0.6 is 0 Å². The van der Waals surface area contributed by atoms with Gasteiger partial charge in [-0.05, 0) is 47.9 Å². The third-order valence-electron chi connectivity index (χ3n) is 6.54. The van der Waals surface area contributed by atoms with Crippen LogP contribution in [0.5, 0.6) is 0 Å². The third-order valence-corrected chi connectivity index (χ3v) is 6.54. The predicted octanol–water partition coefficient (Wildman–Crippen LogP) is 4.13. The Morgan fingerprint density at radius 3 is 2.47 bits per heavy atom. The molecule has 0 saturated carbocycles. The molecule has 0 bridgehead atoms. The molecule has 2 aliphatic heterocycles. The zero-order chi connectivity index (χ0) is 24.9. The number of ether oxygens (including phenoxy) is 1. The van der Waals surface area contributed by atoms with E-state index in [0.717, 1.165) is 49.5 Å². The molecular weight excluding hydrogens is 452 g/mol. The number of anilines is 1. The molecule has 0 aromatic heterocycles. The fourth-order valence-electron chi connectivity index (χ4n) is 4.72. The number of nitrogens with one attached hydrogen (secondary N) is 2. The molecule has 1 fully saturated rings. The SMILES string of the molecule is CCOC(=O)c1ccc2c(c1)NC(=O)C2C(=Nc1ccc(CN2CCNCC2)cc1)c1ccccc1. The van der Waals surface area contributed by atoms with Crippen molar-refractivity contribution >= 4 is 29.0 Å². The van der Waals surface area contributed by atoms with Crippen LogP contribution in [0.25, 0.3) is 0 Å². The lowest BCUT2D eigenvalue weighted by Gasteiger charge is -2.27. The number of hydrogen-bond donors (Lipinski definition) is 2. The average Bonchev–Trinajstić information content (AvgIpc) is 3.24. The normalized spacial score (nSPS) is 18.0. The van der Waals surface area contributed by atoms with Gasteiger partial charge in [0.05, 0.1) is 23.6 Å². The van der Waals surface area contributed by atoms with Crippen molar-refractivity contribution < 1.29 is 14.3 Å². The van der Waals surface area contributed by atoms with Gasteiger partial charge in [0.1, 0.15) is 5.92 Å². The van der Waals surface area contributed by atoms with Crippen LogP contribution in [0.15, 0.2) is 77.8 Å². The molecule has 1 saturated heterocycles. The van der Waals surface area contributed by atoms with Crippen LogP contribution in [-0.2, 0) is 16.1 Å². The Labute approximate surface area is 211 Å². The summed E-state index contributed by atoms with van der Waals surface area (Å²) in [6.07, 6.45) is 0. The minimum atomic E-state index is -0.584. The summed E-state index contributed by atoms with van der Waals surface area (Å²) in [7, 11) is 0. The smallest absolute Gasteiger partial charge is 0.338 e. The summed E-state index contributed by atoms with van der Waals surface area (Å²) >= 11 is 0. The summed E-state index contributed by atoms with van der Waals surface area (Å²) in [6.45, 7) is 7.12. The molecule has 2 heterocycles. The van der Waals surface area contributed by atoms with Crippen LogP contribution in [-0.4, -0.2) is 55.3 Å². The molecule has 5 rings (SSSR count). The Morgan fingerprint density at radius 2 is 1.75 bits per heavy atom. The second kappa shape index (κ2) is 10.8. The van der Waals surface area contributed by atoms with Crippen molar-refractivity contribution in [3.05, 3.63) is 95.1 Å². The van der Waals surface area contributed by atoms with Crippen molar-refractivity contribution in [1.29, 1.82) is 0 Å². The maximum atomic E-state index is 13.2. The maximum Gasteiger partial charge on any atom is 0.338 e. The summed E-state index contributed by atoms with van der Waals surface area (Å²) in [5.74, 6) is -1.15. The van der Waals surface area contributed by atoms with Gasteiger partial charge < -0.3 is 15.4 Å². The minimum absolute atomic E-state index is 0.163. The van der Waals surface area contributed by atoms with Crippen molar-refractivity contribution in [3.63, 3.8) is 0 Å². The minimum Gasteiger partial charge on any atom is -0.462 e. The number of esters is 1. The van der Waals surface area contributed by atoms with Crippen LogP contribution < -0.4 is 10.6 Å². The molecule has 36 heavy (non-hydrogen) atoms. The predicted molar refractivity (Wildman–Crippen MR) is 141 cm³/mol. The molecule has 0 radical (unpaired) electrons. The van der Waals surface area contributed by atoms with E-state index in [2.05, 4.69) is 27.7 Å². The van der Waals surface area contributed by atoms with Crippen molar-refractivity contribution in [2.75, 3.05) is 38.1 Å². The van der Waals surface area contributed by atoms with Crippen molar-refractivity contribution in [1.82, 2.24) is 10.2 Å². The largest absolute Gasteiger partial charge is 0.462 e. The number of hydrogen-bond acceptors (Lipinski definition) is 6. The summed E-state index contributed by atoms with van der Waals surface area (Å²) < 4.78 is 5.11. The highest BCUT2D eigenvalue weighted by molar-refractivity contribution is 6.24. The van der Waals surface area contributed by atoms with E-state index >= 15 is 0 Å². The van der Waals surface area contributed by atoms with E-state index in [1.807, 2.05) is 48.5 Å². The highest BCUT2D eigenvalue weighted by atomic mass is 16.5. The molecule has 7 heteroatoms. The molecule has 0 spiro atoms. The van der Waals surface area contributed by atoms with Crippen LogP contribution in [0.1, 0.15) is 39.9 Å². The third kappa shape index (κ3) is 5.22. The number of nitrogens with zero attached hydrogens (tertiary/aromatic N) is 2. The molecule has 0 aliphatic carbocycles. The average molecular weight is 483 g/mol. The van der Waals surface area contributed by atoms with E-state index in [1.165, 1.54) is 5.56 Å². The number of piperazine rings is 1. The monoisotopic (exact) mass is 482 g/mol. The van der Waals surface area contributed by atoms with Crippen LogP contribution in [0.3, 0.4) is 0 Å². The standard InChI is InChI=1S/C29H30N4O3/c1-2-36-29(35)22-10-13-24-25(18-22)32-28(34)26(24)27(21-6-4-3-5-7-21)31-23-11-8-20(9-12-23)19-33-16-14-30-15-17-33/h3-13,18,26,30H,2,14-17,19H2,1H3,(H,32,34). The highest BCUT2D eigenvalue weighted by Crippen LogP contribution is 2.37. The summed E-state index contributed by atoms with van der Waals surface area (Å²) in [4.78, 5) is 32.8. The molecule has 2 aliphatic rings. The molecular formula is C29H30N4O3. The highest BCUT2D eigenvalue weighted by Gasteiger charge is 2.36. The topological polar surface area (TPSA) is 83.0 Å². The first-order valence-corrected chi connectivity index (χ1v) is 12.4. The zero-order valence-corrected chi connectivity index (χ0v) is 20.4. The fourth-order valence-corrected chi connectivity index (χ4v) is 4.72. The number of aliphatic imine (C=N–C) groups is 1. The van der Waals surface area contributed by atoms with Gasteiger partial charge >= 0.3 is 5.97 Å². The number of benzene rings is 3. The van der Waals surface area contributed by atoms with Crippen LogP contribution in [0.2, 0.25) is 0 Å².